The van der Waals surface area contributed by atoms with Crippen molar-refractivity contribution in [1.82, 2.24) is 4.98 Å². The second kappa shape index (κ2) is 8.76. The molecule has 150 valence electrons. The van der Waals surface area contributed by atoms with Gasteiger partial charge in [0.2, 0.25) is 0 Å². The zero-order valence-corrected chi connectivity index (χ0v) is 17.4. The third-order valence-corrected chi connectivity index (χ3v) is 5.89. The molecular formula is C23H24N2O3S. The zero-order chi connectivity index (χ0) is 20.2. The van der Waals surface area contributed by atoms with Gasteiger partial charge in [0.1, 0.15) is 5.75 Å². The number of anilines is 1. The molecule has 0 spiro atoms. The number of hydrogen-bond donors (Lipinski definition) is 0. The Balaban J connectivity index is 1.63. The van der Waals surface area contributed by atoms with Crippen molar-refractivity contribution < 1.29 is 14.3 Å². The Morgan fingerprint density at radius 2 is 2.10 bits per heavy atom. The molecule has 2 heterocycles. The Kier molecular flexibility index (Phi) is 5.92. The van der Waals surface area contributed by atoms with E-state index >= 15 is 0 Å². The minimum atomic E-state index is -0.0418. The maximum atomic E-state index is 13.3. The van der Waals surface area contributed by atoms with Crippen molar-refractivity contribution in [2.45, 2.75) is 25.9 Å². The summed E-state index contributed by atoms with van der Waals surface area (Å²) in [5.41, 5.74) is 3.57. The number of ether oxygens (including phenoxy) is 2. The molecule has 1 atom stereocenters. The minimum Gasteiger partial charge on any atom is -0.497 e. The molecule has 1 aliphatic rings. The lowest BCUT2D eigenvalue weighted by Crippen LogP contribution is -2.37. The van der Waals surface area contributed by atoms with Crippen LogP contribution in [0, 0.1) is 6.92 Å². The zero-order valence-electron chi connectivity index (χ0n) is 16.6. The number of carbonyl (C=O) groups is 1. The molecule has 1 fully saturated rings. The minimum absolute atomic E-state index is 0.0418. The second-order valence-corrected chi connectivity index (χ2v) is 8.00. The van der Waals surface area contributed by atoms with E-state index in [2.05, 4.69) is 0 Å². The maximum Gasteiger partial charge on any atom is 0.260 e. The predicted octanol–water partition coefficient (Wildman–Crippen LogP) is 4.95. The first kappa shape index (κ1) is 19.6. The van der Waals surface area contributed by atoms with E-state index in [1.807, 2.05) is 60.8 Å². The third-order valence-electron chi connectivity index (χ3n) is 5.03. The van der Waals surface area contributed by atoms with Crippen molar-refractivity contribution in [1.29, 1.82) is 0 Å². The van der Waals surface area contributed by atoms with Crippen molar-refractivity contribution in [2.75, 3.05) is 25.2 Å². The van der Waals surface area contributed by atoms with Gasteiger partial charge >= 0.3 is 0 Å². The number of aromatic nitrogens is 1. The van der Waals surface area contributed by atoms with E-state index in [-0.39, 0.29) is 12.0 Å². The van der Waals surface area contributed by atoms with Crippen LogP contribution < -0.4 is 9.64 Å². The topological polar surface area (TPSA) is 51.7 Å². The first-order chi connectivity index (χ1) is 14.1. The van der Waals surface area contributed by atoms with Crippen LogP contribution in [0.4, 0.5) is 5.13 Å². The quantitative estimate of drug-likeness (QED) is 0.579. The van der Waals surface area contributed by atoms with Crippen molar-refractivity contribution >= 4 is 22.4 Å². The molecule has 0 radical (unpaired) electrons. The Morgan fingerprint density at radius 1 is 1.28 bits per heavy atom. The van der Waals surface area contributed by atoms with E-state index in [9.17, 15) is 4.79 Å². The number of carbonyl (C=O) groups excluding carboxylic acids is 1. The van der Waals surface area contributed by atoms with Gasteiger partial charge in [-0.25, -0.2) is 4.98 Å². The van der Waals surface area contributed by atoms with Gasteiger partial charge in [0, 0.05) is 23.1 Å². The molecule has 6 heteroatoms. The average Bonchev–Trinajstić information content (AvgIpc) is 3.44. The molecule has 4 rings (SSSR count). The van der Waals surface area contributed by atoms with Gasteiger partial charge in [-0.05, 0) is 56.2 Å². The Labute approximate surface area is 174 Å². The van der Waals surface area contributed by atoms with Crippen LogP contribution in [0.25, 0.3) is 11.3 Å². The van der Waals surface area contributed by atoms with Gasteiger partial charge in [0.25, 0.3) is 5.91 Å². The molecule has 29 heavy (non-hydrogen) atoms. The number of rotatable bonds is 6. The fraction of sp³-hybridized carbons (Fsp3) is 0.304. The highest BCUT2D eigenvalue weighted by atomic mass is 32.1. The number of amides is 1. The number of benzene rings is 2. The number of nitrogens with zero attached hydrogens (tertiary/aromatic N) is 2. The molecule has 0 N–H and O–H groups in total. The largest absolute Gasteiger partial charge is 0.497 e. The van der Waals surface area contributed by atoms with Crippen LogP contribution in [0.3, 0.4) is 0 Å². The van der Waals surface area contributed by atoms with Gasteiger partial charge in [-0.2, -0.15) is 0 Å². The molecule has 1 aromatic heterocycles. The van der Waals surface area contributed by atoms with Gasteiger partial charge in [-0.3, -0.25) is 9.69 Å². The summed E-state index contributed by atoms with van der Waals surface area (Å²) in [6.45, 7) is 3.26. The molecule has 0 saturated carbocycles. The lowest BCUT2D eigenvalue weighted by atomic mass is 10.1. The molecule has 1 saturated heterocycles. The summed E-state index contributed by atoms with van der Waals surface area (Å²) in [5.74, 6) is 0.763. The molecule has 1 unspecified atom stereocenters. The van der Waals surface area contributed by atoms with Crippen LogP contribution in [0.15, 0.2) is 53.9 Å². The first-order valence-electron chi connectivity index (χ1n) is 9.74. The Morgan fingerprint density at radius 3 is 2.79 bits per heavy atom. The molecule has 2 aromatic carbocycles. The number of aryl methyl sites for hydroxylation is 1. The van der Waals surface area contributed by atoms with Gasteiger partial charge < -0.3 is 9.47 Å². The molecule has 5 nitrogen and oxygen atoms in total. The SMILES string of the molecule is COc1ccc(-c2csc(N(CC3CCCO3)C(=O)c3cccc(C)c3)n2)cc1. The first-order valence-corrected chi connectivity index (χ1v) is 10.6. The second-order valence-electron chi connectivity index (χ2n) is 7.16. The van der Waals surface area contributed by atoms with E-state index in [0.29, 0.717) is 17.2 Å². The van der Waals surface area contributed by atoms with Crippen LogP contribution in [0.2, 0.25) is 0 Å². The van der Waals surface area contributed by atoms with Crippen molar-refractivity contribution in [3.63, 3.8) is 0 Å². The lowest BCUT2D eigenvalue weighted by molar-refractivity contribution is 0.0917. The molecule has 0 aliphatic carbocycles. The van der Waals surface area contributed by atoms with Crippen molar-refractivity contribution in [3.8, 4) is 17.0 Å². The summed E-state index contributed by atoms with van der Waals surface area (Å²) < 4.78 is 11.0. The van der Waals surface area contributed by atoms with E-state index in [1.54, 1.807) is 12.0 Å². The number of thiazole rings is 1. The van der Waals surface area contributed by atoms with E-state index < -0.39 is 0 Å². The van der Waals surface area contributed by atoms with Crippen molar-refractivity contribution in [3.05, 3.63) is 65.0 Å². The summed E-state index contributed by atoms with van der Waals surface area (Å²) in [7, 11) is 1.65. The number of methoxy groups -OCH3 is 1. The van der Waals surface area contributed by atoms with Crippen LogP contribution in [-0.4, -0.2) is 37.3 Å². The van der Waals surface area contributed by atoms with Gasteiger partial charge in [-0.1, -0.05) is 17.7 Å². The third kappa shape index (κ3) is 4.49. The lowest BCUT2D eigenvalue weighted by Gasteiger charge is -2.23. The smallest absolute Gasteiger partial charge is 0.260 e. The maximum absolute atomic E-state index is 13.3. The van der Waals surface area contributed by atoms with Crippen LogP contribution >= 0.6 is 11.3 Å². The van der Waals surface area contributed by atoms with Crippen LogP contribution in [-0.2, 0) is 4.74 Å². The Bertz CT molecular complexity index is 978. The molecule has 3 aromatic rings. The summed E-state index contributed by atoms with van der Waals surface area (Å²) >= 11 is 1.48. The van der Waals surface area contributed by atoms with E-state index in [4.69, 9.17) is 14.5 Å². The van der Waals surface area contributed by atoms with Crippen LogP contribution in [0.5, 0.6) is 5.75 Å². The van der Waals surface area contributed by atoms with Gasteiger partial charge in [0.05, 0.1) is 25.5 Å². The molecule has 1 amide bonds. The molecule has 1 aliphatic heterocycles. The summed E-state index contributed by atoms with van der Waals surface area (Å²) in [5, 5.41) is 2.68. The highest BCUT2D eigenvalue weighted by Crippen LogP contribution is 2.30. The van der Waals surface area contributed by atoms with Crippen molar-refractivity contribution in [2.24, 2.45) is 0 Å². The fourth-order valence-electron chi connectivity index (χ4n) is 3.46. The fourth-order valence-corrected chi connectivity index (χ4v) is 4.30. The Hall–Kier alpha value is -2.70. The van der Waals surface area contributed by atoms with E-state index in [0.717, 1.165) is 42.0 Å². The standard InChI is InChI=1S/C23H24N2O3S/c1-16-5-3-6-18(13-16)22(26)25(14-20-7-4-12-28-20)23-24-21(15-29-23)17-8-10-19(27-2)11-9-17/h3,5-6,8-11,13,15,20H,4,7,12,14H2,1-2H3. The average molecular weight is 409 g/mol. The van der Waals surface area contributed by atoms with Crippen LogP contribution in [0.1, 0.15) is 28.8 Å². The normalized spacial score (nSPS) is 16.0. The number of hydrogen-bond acceptors (Lipinski definition) is 5. The van der Waals surface area contributed by atoms with E-state index in [1.165, 1.54) is 11.3 Å². The highest BCUT2D eigenvalue weighted by Gasteiger charge is 2.27. The summed E-state index contributed by atoms with van der Waals surface area (Å²) in [4.78, 5) is 19.9. The highest BCUT2D eigenvalue weighted by molar-refractivity contribution is 7.14. The predicted molar refractivity (Wildman–Crippen MR) is 116 cm³/mol. The monoisotopic (exact) mass is 408 g/mol. The molecular weight excluding hydrogens is 384 g/mol. The van der Waals surface area contributed by atoms with Gasteiger partial charge in [0.15, 0.2) is 5.13 Å². The summed E-state index contributed by atoms with van der Waals surface area (Å²) in [6.07, 6.45) is 2.05. The van der Waals surface area contributed by atoms with Gasteiger partial charge in [-0.15, -0.1) is 11.3 Å². The molecule has 0 bridgehead atoms. The summed E-state index contributed by atoms with van der Waals surface area (Å²) in [6, 6.07) is 15.5.